The predicted octanol–water partition coefficient (Wildman–Crippen LogP) is 3.83. The summed E-state index contributed by atoms with van der Waals surface area (Å²) < 4.78 is 10.6. The number of ether oxygens (including phenoxy) is 2. The number of carbonyl (C=O) groups excluding carboxylic acids is 1. The summed E-state index contributed by atoms with van der Waals surface area (Å²) >= 11 is 12.1. The molecule has 0 saturated heterocycles. The van der Waals surface area contributed by atoms with E-state index in [1.807, 2.05) is 0 Å². The van der Waals surface area contributed by atoms with E-state index in [4.69, 9.17) is 37.9 Å². The van der Waals surface area contributed by atoms with Gasteiger partial charge in [0.1, 0.15) is 0 Å². The monoisotopic (exact) mass is 368 g/mol. The molecule has 0 bridgehead atoms. The van der Waals surface area contributed by atoms with Crippen LogP contribution in [0.1, 0.15) is 5.56 Å². The second-order valence-electron chi connectivity index (χ2n) is 4.60. The van der Waals surface area contributed by atoms with Crippen LogP contribution in [0, 0.1) is 0 Å². The van der Waals surface area contributed by atoms with Gasteiger partial charge in [-0.3, -0.25) is 4.79 Å². The first-order valence-electron chi connectivity index (χ1n) is 6.77. The molecular formula is C16H14Cl2N2O4. The number of benzene rings is 2. The van der Waals surface area contributed by atoms with Crippen molar-refractivity contribution < 1.29 is 19.5 Å². The van der Waals surface area contributed by atoms with Gasteiger partial charge in [0, 0.05) is 5.56 Å². The van der Waals surface area contributed by atoms with Crippen LogP contribution in [0.25, 0.3) is 0 Å². The molecule has 0 heterocycles. The van der Waals surface area contributed by atoms with Gasteiger partial charge in [-0.2, -0.15) is 0 Å². The highest BCUT2D eigenvalue weighted by Gasteiger charge is 2.14. The molecule has 8 heteroatoms. The topological polar surface area (TPSA) is 80.2 Å². The SMILES string of the molecule is COc1cc(/C=N\O)cc(Cl)c1OCC(=O)Nc1ccccc1Cl. The van der Waals surface area contributed by atoms with Gasteiger partial charge in [0.05, 0.1) is 29.1 Å². The predicted molar refractivity (Wildman–Crippen MR) is 93.0 cm³/mol. The maximum absolute atomic E-state index is 12.0. The molecule has 0 fully saturated rings. The molecule has 24 heavy (non-hydrogen) atoms. The number of amides is 1. The largest absolute Gasteiger partial charge is 0.493 e. The maximum Gasteiger partial charge on any atom is 0.262 e. The van der Waals surface area contributed by atoms with Crippen molar-refractivity contribution in [3.8, 4) is 11.5 Å². The van der Waals surface area contributed by atoms with Crippen LogP contribution >= 0.6 is 23.2 Å². The van der Waals surface area contributed by atoms with Crippen molar-refractivity contribution in [2.24, 2.45) is 5.16 Å². The molecule has 0 unspecified atom stereocenters. The van der Waals surface area contributed by atoms with Gasteiger partial charge < -0.3 is 20.0 Å². The number of halogens is 2. The first kappa shape index (κ1) is 17.9. The van der Waals surface area contributed by atoms with E-state index in [2.05, 4.69) is 10.5 Å². The van der Waals surface area contributed by atoms with Crippen LogP contribution in [0.2, 0.25) is 10.0 Å². The number of para-hydroxylation sites is 1. The molecule has 126 valence electrons. The van der Waals surface area contributed by atoms with E-state index in [9.17, 15) is 4.79 Å². The van der Waals surface area contributed by atoms with Gasteiger partial charge >= 0.3 is 0 Å². The van der Waals surface area contributed by atoms with Gasteiger partial charge in [0.2, 0.25) is 0 Å². The highest BCUT2D eigenvalue weighted by atomic mass is 35.5. The Balaban J connectivity index is 2.08. The number of oxime groups is 1. The third-order valence-electron chi connectivity index (χ3n) is 2.95. The van der Waals surface area contributed by atoms with Gasteiger partial charge in [-0.25, -0.2) is 0 Å². The lowest BCUT2D eigenvalue weighted by molar-refractivity contribution is -0.118. The third-order valence-corrected chi connectivity index (χ3v) is 3.56. The number of nitrogens with one attached hydrogen (secondary N) is 1. The van der Waals surface area contributed by atoms with Crippen LogP contribution in [0.5, 0.6) is 11.5 Å². The molecule has 6 nitrogen and oxygen atoms in total. The zero-order valence-electron chi connectivity index (χ0n) is 12.6. The number of hydrogen-bond acceptors (Lipinski definition) is 5. The smallest absolute Gasteiger partial charge is 0.262 e. The highest BCUT2D eigenvalue weighted by molar-refractivity contribution is 6.33. The molecule has 2 aromatic carbocycles. The van der Waals surface area contributed by atoms with Crippen molar-refractivity contribution in [1.29, 1.82) is 0 Å². The summed E-state index contributed by atoms with van der Waals surface area (Å²) in [6.45, 7) is -0.283. The summed E-state index contributed by atoms with van der Waals surface area (Å²) in [5.41, 5.74) is 1.01. The summed E-state index contributed by atoms with van der Waals surface area (Å²) in [5, 5.41) is 14.8. The minimum Gasteiger partial charge on any atom is -0.493 e. The normalized spacial score (nSPS) is 10.6. The first-order valence-corrected chi connectivity index (χ1v) is 7.53. The van der Waals surface area contributed by atoms with Crippen molar-refractivity contribution in [3.63, 3.8) is 0 Å². The Morgan fingerprint density at radius 2 is 2.04 bits per heavy atom. The Bertz CT molecular complexity index is 766. The molecule has 0 radical (unpaired) electrons. The Morgan fingerprint density at radius 1 is 1.29 bits per heavy atom. The fourth-order valence-corrected chi connectivity index (χ4v) is 2.36. The number of hydrogen-bond donors (Lipinski definition) is 2. The van der Waals surface area contributed by atoms with Crippen molar-refractivity contribution >= 4 is 41.0 Å². The molecule has 0 aliphatic heterocycles. The lowest BCUT2D eigenvalue weighted by Gasteiger charge is -2.13. The van der Waals surface area contributed by atoms with Crippen molar-refractivity contribution in [1.82, 2.24) is 0 Å². The van der Waals surface area contributed by atoms with Crippen molar-refractivity contribution in [3.05, 3.63) is 52.0 Å². The molecule has 0 aliphatic carbocycles. The third kappa shape index (κ3) is 4.53. The minimum absolute atomic E-state index is 0.212. The summed E-state index contributed by atoms with van der Waals surface area (Å²) in [4.78, 5) is 12.0. The van der Waals surface area contributed by atoms with E-state index < -0.39 is 5.91 Å². The number of methoxy groups -OCH3 is 1. The molecule has 0 aliphatic rings. The van der Waals surface area contributed by atoms with Gasteiger partial charge in [-0.1, -0.05) is 40.5 Å². The minimum atomic E-state index is -0.401. The number of carbonyl (C=O) groups is 1. The molecular weight excluding hydrogens is 355 g/mol. The van der Waals surface area contributed by atoms with E-state index in [0.29, 0.717) is 22.0 Å². The van der Waals surface area contributed by atoms with Crippen LogP contribution in [0.15, 0.2) is 41.6 Å². The Hall–Kier alpha value is -2.44. The van der Waals surface area contributed by atoms with E-state index in [-0.39, 0.29) is 17.4 Å². The zero-order valence-corrected chi connectivity index (χ0v) is 14.1. The van der Waals surface area contributed by atoms with E-state index in [1.165, 1.54) is 19.4 Å². The van der Waals surface area contributed by atoms with Gasteiger partial charge in [0.25, 0.3) is 5.91 Å². The quantitative estimate of drug-likeness (QED) is 0.461. The molecule has 0 spiro atoms. The van der Waals surface area contributed by atoms with Crippen LogP contribution < -0.4 is 14.8 Å². The molecule has 0 aromatic heterocycles. The van der Waals surface area contributed by atoms with Gasteiger partial charge in [-0.05, 0) is 24.3 Å². The standard InChI is InChI=1S/C16H14Cl2N2O4/c1-23-14-7-10(8-19-22)6-12(18)16(14)24-9-15(21)20-13-5-3-2-4-11(13)17/h2-8,22H,9H2,1H3,(H,20,21)/b19-8-. The molecule has 2 aromatic rings. The first-order chi connectivity index (χ1) is 11.5. The Labute approximate surface area is 148 Å². The molecule has 1 amide bonds. The summed E-state index contributed by atoms with van der Waals surface area (Å²) in [7, 11) is 1.43. The average molecular weight is 369 g/mol. The van der Waals surface area contributed by atoms with Crippen LogP contribution in [0.3, 0.4) is 0 Å². The second-order valence-corrected chi connectivity index (χ2v) is 5.41. The number of nitrogens with zero attached hydrogens (tertiary/aromatic N) is 1. The summed E-state index contributed by atoms with van der Waals surface area (Å²) in [6.07, 6.45) is 1.20. The van der Waals surface area contributed by atoms with E-state index in [1.54, 1.807) is 30.3 Å². The summed E-state index contributed by atoms with van der Waals surface area (Å²) in [5.74, 6) is 0.119. The Morgan fingerprint density at radius 3 is 2.71 bits per heavy atom. The van der Waals surface area contributed by atoms with Gasteiger partial charge in [0.15, 0.2) is 18.1 Å². The van der Waals surface area contributed by atoms with Crippen molar-refractivity contribution in [2.45, 2.75) is 0 Å². The Kier molecular flexibility index (Phi) is 6.28. The molecule has 0 saturated carbocycles. The lowest BCUT2D eigenvalue weighted by Crippen LogP contribution is -2.20. The molecule has 0 atom stereocenters. The average Bonchev–Trinajstić information content (AvgIpc) is 2.56. The molecule has 2 rings (SSSR count). The van der Waals surface area contributed by atoms with E-state index >= 15 is 0 Å². The summed E-state index contributed by atoms with van der Waals surface area (Å²) in [6, 6.07) is 9.94. The highest BCUT2D eigenvalue weighted by Crippen LogP contribution is 2.36. The number of anilines is 1. The van der Waals surface area contributed by atoms with Crippen LogP contribution in [-0.4, -0.2) is 31.0 Å². The van der Waals surface area contributed by atoms with E-state index in [0.717, 1.165) is 0 Å². The van der Waals surface area contributed by atoms with Crippen molar-refractivity contribution in [2.75, 3.05) is 19.0 Å². The van der Waals surface area contributed by atoms with Crippen LogP contribution in [-0.2, 0) is 4.79 Å². The fraction of sp³-hybridized carbons (Fsp3) is 0.125. The number of rotatable bonds is 6. The second kappa shape index (κ2) is 8.42. The van der Waals surface area contributed by atoms with Gasteiger partial charge in [-0.15, -0.1) is 0 Å². The lowest BCUT2D eigenvalue weighted by atomic mass is 10.2. The zero-order chi connectivity index (χ0) is 17.5. The fourth-order valence-electron chi connectivity index (χ4n) is 1.91. The maximum atomic E-state index is 12.0. The molecule has 2 N–H and O–H groups in total. The van der Waals surface area contributed by atoms with Crippen LogP contribution in [0.4, 0.5) is 5.69 Å².